The molecule has 0 aliphatic heterocycles. The van der Waals surface area contributed by atoms with Crippen LogP contribution in [0.25, 0.3) is 11.5 Å². The van der Waals surface area contributed by atoms with Gasteiger partial charge in [-0.1, -0.05) is 61.2 Å². The van der Waals surface area contributed by atoms with Crippen molar-refractivity contribution in [2.24, 2.45) is 0 Å². The highest BCUT2D eigenvalue weighted by Gasteiger charge is 2.22. The van der Waals surface area contributed by atoms with E-state index in [4.69, 9.17) is 4.42 Å². The highest BCUT2D eigenvalue weighted by Crippen LogP contribution is 2.28. The first-order chi connectivity index (χ1) is 12.1. The van der Waals surface area contributed by atoms with Crippen LogP contribution >= 0.6 is 11.8 Å². The van der Waals surface area contributed by atoms with Gasteiger partial charge in [0, 0.05) is 6.54 Å². The number of sulfonamides is 1. The summed E-state index contributed by atoms with van der Waals surface area (Å²) in [5, 5.41) is 8.32. The van der Waals surface area contributed by atoms with Gasteiger partial charge in [-0.15, -0.1) is 10.2 Å². The molecule has 0 spiro atoms. The zero-order valence-corrected chi connectivity index (χ0v) is 15.2. The van der Waals surface area contributed by atoms with E-state index in [2.05, 4.69) is 14.9 Å². The van der Waals surface area contributed by atoms with Crippen molar-refractivity contribution in [3.8, 4) is 11.5 Å². The van der Waals surface area contributed by atoms with Crippen LogP contribution in [0.15, 0.2) is 69.1 Å². The van der Waals surface area contributed by atoms with E-state index in [0.29, 0.717) is 10.8 Å². The minimum atomic E-state index is -3.72. The van der Waals surface area contributed by atoms with Crippen molar-refractivity contribution in [1.82, 2.24) is 14.9 Å². The van der Waals surface area contributed by atoms with Crippen molar-refractivity contribution in [2.75, 3.05) is 5.75 Å². The number of hydrogen-bond acceptors (Lipinski definition) is 6. The molecule has 3 aromatic rings. The van der Waals surface area contributed by atoms with E-state index < -0.39 is 10.0 Å². The Hall–Kier alpha value is -2.16. The van der Waals surface area contributed by atoms with E-state index in [1.54, 1.807) is 18.2 Å². The second-order valence-electron chi connectivity index (χ2n) is 5.11. The van der Waals surface area contributed by atoms with Crippen LogP contribution in [0.1, 0.15) is 12.5 Å². The second-order valence-corrected chi connectivity index (χ2v) is 8.06. The van der Waals surface area contributed by atoms with E-state index in [9.17, 15) is 8.42 Å². The average Bonchev–Trinajstić information content (AvgIpc) is 3.10. The lowest BCUT2D eigenvalue weighted by Gasteiger charge is -2.09. The molecule has 0 aliphatic carbocycles. The fourth-order valence-electron chi connectivity index (χ4n) is 2.23. The van der Waals surface area contributed by atoms with Gasteiger partial charge in [0.1, 0.15) is 0 Å². The first-order valence-corrected chi connectivity index (χ1v) is 10.2. The van der Waals surface area contributed by atoms with Gasteiger partial charge in [0.25, 0.3) is 5.22 Å². The van der Waals surface area contributed by atoms with Crippen LogP contribution in [0, 0.1) is 0 Å². The highest BCUT2D eigenvalue weighted by molar-refractivity contribution is 7.99. The summed E-state index contributed by atoms with van der Waals surface area (Å²) in [7, 11) is -3.72. The Bertz CT molecular complexity index is 941. The topological polar surface area (TPSA) is 85.1 Å². The molecule has 25 heavy (non-hydrogen) atoms. The van der Waals surface area contributed by atoms with E-state index >= 15 is 0 Å². The standard InChI is InChI=1S/C17H17N3O3S2/c1-2-24-17-20-19-16(23-17)14-10-6-7-11-15(14)25(21,22)18-12-13-8-4-3-5-9-13/h3-11,18H,2,12H2,1H3. The molecular formula is C17H17N3O3S2. The maximum absolute atomic E-state index is 12.7. The van der Waals surface area contributed by atoms with Crippen molar-refractivity contribution in [1.29, 1.82) is 0 Å². The van der Waals surface area contributed by atoms with Crippen molar-refractivity contribution >= 4 is 21.8 Å². The molecule has 0 aliphatic rings. The summed E-state index contributed by atoms with van der Waals surface area (Å²) in [5.74, 6) is 0.983. The van der Waals surface area contributed by atoms with Gasteiger partial charge in [0.05, 0.1) is 10.5 Å². The van der Waals surface area contributed by atoms with Gasteiger partial charge in [0.2, 0.25) is 15.9 Å². The Morgan fingerprint density at radius 1 is 1.04 bits per heavy atom. The predicted octanol–water partition coefficient (Wildman–Crippen LogP) is 3.33. The molecule has 0 amide bonds. The van der Waals surface area contributed by atoms with Crippen molar-refractivity contribution < 1.29 is 12.8 Å². The lowest BCUT2D eigenvalue weighted by molar-refractivity contribution is 0.465. The van der Waals surface area contributed by atoms with E-state index in [1.807, 2.05) is 37.3 Å². The van der Waals surface area contributed by atoms with Crippen LogP contribution in [0.3, 0.4) is 0 Å². The molecule has 0 saturated heterocycles. The first kappa shape index (κ1) is 17.7. The first-order valence-electron chi connectivity index (χ1n) is 7.69. The van der Waals surface area contributed by atoms with Crippen LogP contribution in [0.5, 0.6) is 0 Å². The monoisotopic (exact) mass is 375 g/mol. The minimum absolute atomic E-state index is 0.114. The Balaban J connectivity index is 1.88. The molecule has 0 bridgehead atoms. The van der Waals surface area contributed by atoms with Crippen LogP contribution in [0.2, 0.25) is 0 Å². The molecule has 1 heterocycles. The summed E-state index contributed by atoms with van der Waals surface area (Å²) in [6.07, 6.45) is 0. The van der Waals surface area contributed by atoms with Crippen LogP contribution in [0.4, 0.5) is 0 Å². The highest BCUT2D eigenvalue weighted by atomic mass is 32.2. The van der Waals surface area contributed by atoms with Crippen LogP contribution < -0.4 is 4.72 Å². The molecule has 6 nitrogen and oxygen atoms in total. The third-order valence-electron chi connectivity index (χ3n) is 3.39. The SMILES string of the molecule is CCSc1nnc(-c2ccccc2S(=O)(=O)NCc2ccccc2)o1. The molecule has 0 radical (unpaired) electrons. The lowest BCUT2D eigenvalue weighted by atomic mass is 10.2. The van der Waals surface area contributed by atoms with Gasteiger partial charge in [-0.3, -0.25) is 0 Å². The van der Waals surface area contributed by atoms with Gasteiger partial charge < -0.3 is 4.42 Å². The summed E-state index contributed by atoms with van der Waals surface area (Å²) in [4.78, 5) is 0.114. The quantitative estimate of drug-likeness (QED) is 0.638. The fourth-order valence-corrected chi connectivity index (χ4v) is 3.93. The number of rotatable bonds is 7. The number of nitrogens with one attached hydrogen (secondary N) is 1. The van der Waals surface area contributed by atoms with Gasteiger partial charge in [0.15, 0.2) is 0 Å². The summed E-state index contributed by atoms with van der Waals surface area (Å²) in [5.41, 5.74) is 1.27. The molecule has 0 fully saturated rings. The molecule has 1 N–H and O–H groups in total. The molecule has 3 rings (SSSR count). The molecular weight excluding hydrogens is 358 g/mol. The van der Waals surface area contributed by atoms with Gasteiger partial charge in [-0.05, 0) is 23.4 Å². The number of nitrogens with zero attached hydrogens (tertiary/aromatic N) is 2. The number of benzene rings is 2. The number of thioether (sulfide) groups is 1. The minimum Gasteiger partial charge on any atom is -0.411 e. The zero-order valence-electron chi connectivity index (χ0n) is 13.5. The molecule has 2 aromatic carbocycles. The fraction of sp³-hybridized carbons (Fsp3) is 0.176. The molecule has 0 atom stereocenters. The molecule has 1 aromatic heterocycles. The Morgan fingerprint density at radius 3 is 2.52 bits per heavy atom. The van der Waals surface area contributed by atoms with Gasteiger partial charge in [-0.25, -0.2) is 13.1 Å². The van der Waals surface area contributed by atoms with Crippen molar-refractivity contribution in [2.45, 2.75) is 23.6 Å². The molecule has 130 valence electrons. The lowest BCUT2D eigenvalue weighted by Crippen LogP contribution is -2.23. The van der Waals surface area contributed by atoms with Crippen LogP contribution in [-0.2, 0) is 16.6 Å². The largest absolute Gasteiger partial charge is 0.411 e. The Morgan fingerprint density at radius 2 is 1.76 bits per heavy atom. The van der Waals surface area contributed by atoms with Crippen LogP contribution in [-0.4, -0.2) is 24.4 Å². The molecule has 0 saturated carbocycles. The Labute approximate surface area is 150 Å². The summed E-state index contributed by atoms with van der Waals surface area (Å²) in [6.45, 7) is 2.18. The van der Waals surface area contributed by atoms with Gasteiger partial charge >= 0.3 is 0 Å². The smallest absolute Gasteiger partial charge is 0.276 e. The van der Waals surface area contributed by atoms with E-state index in [1.165, 1.54) is 17.8 Å². The van der Waals surface area contributed by atoms with E-state index in [-0.39, 0.29) is 17.3 Å². The normalized spacial score (nSPS) is 11.6. The van der Waals surface area contributed by atoms with E-state index in [0.717, 1.165) is 11.3 Å². The zero-order chi connectivity index (χ0) is 17.7. The van der Waals surface area contributed by atoms with Crippen molar-refractivity contribution in [3.63, 3.8) is 0 Å². The maximum atomic E-state index is 12.7. The third-order valence-corrected chi connectivity index (χ3v) is 5.55. The third kappa shape index (κ3) is 4.28. The predicted molar refractivity (Wildman–Crippen MR) is 96.6 cm³/mol. The average molecular weight is 375 g/mol. The molecule has 0 unspecified atom stereocenters. The second kappa shape index (κ2) is 7.81. The summed E-state index contributed by atoms with van der Waals surface area (Å²) >= 11 is 1.41. The summed E-state index contributed by atoms with van der Waals surface area (Å²) in [6, 6.07) is 15.9. The maximum Gasteiger partial charge on any atom is 0.276 e. The summed E-state index contributed by atoms with van der Waals surface area (Å²) < 4.78 is 33.6. The van der Waals surface area contributed by atoms with Crippen molar-refractivity contribution in [3.05, 3.63) is 60.2 Å². The molecule has 8 heteroatoms. The number of hydrogen-bond donors (Lipinski definition) is 1. The number of aromatic nitrogens is 2. The Kier molecular flexibility index (Phi) is 5.52. The van der Waals surface area contributed by atoms with Gasteiger partial charge in [-0.2, -0.15) is 0 Å².